The van der Waals surface area contributed by atoms with Crippen LogP contribution >= 0.6 is 0 Å². The van der Waals surface area contributed by atoms with Gasteiger partial charge in [0.05, 0.1) is 0 Å². The van der Waals surface area contributed by atoms with Gasteiger partial charge in [-0.3, -0.25) is 0 Å². The van der Waals surface area contributed by atoms with Gasteiger partial charge < -0.3 is 24.4 Å². The van der Waals surface area contributed by atoms with E-state index in [0.717, 1.165) is 25.7 Å². The van der Waals surface area contributed by atoms with Crippen LogP contribution in [0.2, 0.25) is 0 Å². The van der Waals surface area contributed by atoms with Crippen LogP contribution in [0.25, 0.3) is 0 Å². The van der Waals surface area contributed by atoms with Crippen molar-refractivity contribution in [3.8, 4) is 0 Å². The van der Waals surface area contributed by atoms with Crippen molar-refractivity contribution in [2.45, 2.75) is 25.7 Å². The van der Waals surface area contributed by atoms with Gasteiger partial charge in [-0.1, -0.05) is 19.3 Å². The second-order valence-electron chi connectivity index (χ2n) is 1.62. The van der Waals surface area contributed by atoms with Crippen molar-refractivity contribution >= 4 is 23.1 Å². The molecule has 0 aromatic carbocycles. The van der Waals surface area contributed by atoms with Gasteiger partial charge in [0.2, 0.25) is 0 Å². The zero-order chi connectivity index (χ0) is 5.54. The summed E-state index contributed by atoms with van der Waals surface area (Å²) in [5, 5.41) is 9.78. The Morgan fingerprint density at radius 3 is 2.00 bits per heavy atom. The topological polar surface area (TPSA) is 23.1 Å². The molecule has 3 heteroatoms. The summed E-state index contributed by atoms with van der Waals surface area (Å²) in [5.41, 5.74) is 0. The van der Waals surface area contributed by atoms with Crippen molar-refractivity contribution < 1.29 is 17.5 Å². The first-order valence-corrected chi connectivity index (χ1v) is 2.79. The summed E-state index contributed by atoms with van der Waals surface area (Å²) in [6, 6.07) is 0. The van der Waals surface area contributed by atoms with Crippen molar-refractivity contribution in [2.75, 3.05) is 6.61 Å². The summed E-state index contributed by atoms with van der Waals surface area (Å²) in [6.07, 6.45) is 3.98. The quantitative estimate of drug-likeness (QED) is 0.250. The zero-order valence-corrected chi connectivity index (χ0v) is 7.91. The Hall–Kier alpha value is 1.02. The van der Waals surface area contributed by atoms with E-state index in [2.05, 4.69) is 6.92 Å². The molecule has 0 aliphatic rings. The predicted molar refractivity (Wildman–Crippen MR) is 34.4 cm³/mol. The summed E-state index contributed by atoms with van der Waals surface area (Å²) in [6.45, 7) is 3.74. The SMILES string of the molecule is [CH2-]CCCCC[O-].[Cl-].[Mg+2]. The molecular weight excluding hydrogens is 148 g/mol. The van der Waals surface area contributed by atoms with Crippen LogP contribution in [-0.2, 0) is 0 Å². The molecule has 0 aromatic heterocycles. The molecule has 0 amide bonds. The van der Waals surface area contributed by atoms with Gasteiger partial charge in [-0.25, -0.2) is 0 Å². The molecule has 0 atom stereocenters. The minimum Gasteiger partial charge on any atom is -1.00 e. The Balaban J connectivity index is -0.000000180. The van der Waals surface area contributed by atoms with Crippen LogP contribution in [0.3, 0.4) is 0 Å². The van der Waals surface area contributed by atoms with Crippen LogP contribution in [0.4, 0.5) is 0 Å². The van der Waals surface area contributed by atoms with Crippen molar-refractivity contribution in [3.63, 3.8) is 0 Å². The molecule has 0 saturated heterocycles. The van der Waals surface area contributed by atoms with Crippen molar-refractivity contribution in [3.05, 3.63) is 6.92 Å². The fraction of sp³-hybridized carbons (Fsp3) is 0.833. The van der Waals surface area contributed by atoms with Crippen LogP contribution in [0.1, 0.15) is 25.7 Å². The molecule has 9 heavy (non-hydrogen) atoms. The van der Waals surface area contributed by atoms with E-state index >= 15 is 0 Å². The van der Waals surface area contributed by atoms with Gasteiger partial charge in [0.25, 0.3) is 0 Å². The number of hydrogen-bond acceptors (Lipinski definition) is 1. The number of rotatable bonds is 4. The zero-order valence-electron chi connectivity index (χ0n) is 5.74. The molecule has 0 bridgehead atoms. The molecule has 0 aromatic rings. The first-order valence-electron chi connectivity index (χ1n) is 2.79. The summed E-state index contributed by atoms with van der Waals surface area (Å²) < 4.78 is 0. The molecule has 0 heterocycles. The summed E-state index contributed by atoms with van der Waals surface area (Å²) in [7, 11) is 0. The van der Waals surface area contributed by atoms with Crippen LogP contribution in [0, 0.1) is 6.92 Å². The van der Waals surface area contributed by atoms with E-state index in [0.29, 0.717) is 0 Å². The summed E-state index contributed by atoms with van der Waals surface area (Å²) >= 11 is 0. The average Bonchev–Trinajstić information content (AvgIpc) is 1.69. The molecule has 0 unspecified atom stereocenters. The third-order valence-electron chi connectivity index (χ3n) is 0.894. The Morgan fingerprint density at radius 1 is 1.11 bits per heavy atom. The second-order valence-corrected chi connectivity index (χ2v) is 1.62. The van der Waals surface area contributed by atoms with Gasteiger partial charge in [0.15, 0.2) is 0 Å². The van der Waals surface area contributed by atoms with Gasteiger partial charge in [0, 0.05) is 0 Å². The fourth-order valence-electron chi connectivity index (χ4n) is 0.456. The minimum atomic E-state index is 0. The van der Waals surface area contributed by atoms with E-state index in [1.54, 1.807) is 0 Å². The van der Waals surface area contributed by atoms with Crippen molar-refractivity contribution in [1.82, 2.24) is 0 Å². The maximum atomic E-state index is 9.78. The molecular formula is C6H12ClMgO-. The van der Waals surface area contributed by atoms with Gasteiger partial charge in [0.1, 0.15) is 0 Å². The van der Waals surface area contributed by atoms with E-state index in [1.807, 2.05) is 0 Å². The van der Waals surface area contributed by atoms with E-state index < -0.39 is 0 Å². The van der Waals surface area contributed by atoms with Crippen molar-refractivity contribution in [2.24, 2.45) is 0 Å². The molecule has 0 rings (SSSR count). The first kappa shape index (κ1) is 16.5. The molecule has 1 nitrogen and oxygen atoms in total. The van der Waals surface area contributed by atoms with Crippen LogP contribution in [0.15, 0.2) is 0 Å². The molecule has 52 valence electrons. The van der Waals surface area contributed by atoms with Gasteiger partial charge >= 0.3 is 23.1 Å². The van der Waals surface area contributed by atoms with E-state index in [9.17, 15) is 5.11 Å². The third kappa shape index (κ3) is 17.6. The summed E-state index contributed by atoms with van der Waals surface area (Å²) in [4.78, 5) is 0. The monoisotopic (exact) mass is 159 g/mol. The third-order valence-corrected chi connectivity index (χ3v) is 0.894. The number of unbranched alkanes of at least 4 members (excludes halogenated alkanes) is 3. The average molecular weight is 160 g/mol. The maximum absolute atomic E-state index is 9.78. The van der Waals surface area contributed by atoms with Gasteiger partial charge in [-0.05, 0) is 0 Å². The van der Waals surface area contributed by atoms with Gasteiger partial charge in [-0.15, -0.1) is 6.61 Å². The minimum absolute atomic E-state index is 0. The van der Waals surface area contributed by atoms with Crippen molar-refractivity contribution in [1.29, 1.82) is 0 Å². The van der Waals surface area contributed by atoms with E-state index in [1.165, 1.54) is 0 Å². The number of halogens is 1. The largest absolute Gasteiger partial charge is 2.00 e. The molecule has 0 saturated carbocycles. The molecule has 0 radical (unpaired) electrons. The molecule has 0 spiro atoms. The molecule has 0 aliphatic carbocycles. The standard InChI is InChI=1S/C6H12O.ClH.Mg/c1-2-3-4-5-6-7;;/h1-6H2;1H;/q-2;;+2/p-1. The molecule has 0 aliphatic heterocycles. The molecule has 0 N–H and O–H groups in total. The Labute approximate surface area is 79.8 Å². The second kappa shape index (κ2) is 16.0. The Morgan fingerprint density at radius 2 is 1.67 bits per heavy atom. The van der Waals surface area contributed by atoms with Gasteiger partial charge in [-0.2, -0.15) is 6.42 Å². The summed E-state index contributed by atoms with van der Waals surface area (Å²) in [5.74, 6) is 0. The van der Waals surface area contributed by atoms with Crippen LogP contribution < -0.4 is 17.5 Å². The fourth-order valence-corrected chi connectivity index (χ4v) is 0.456. The van der Waals surface area contributed by atoms with E-state index in [4.69, 9.17) is 0 Å². The Bertz CT molecular complexity index is 32.2. The smallest absolute Gasteiger partial charge is 1.00 e. The van der Waals surface area contributed by atoms with Crippen LogP contribution in [-0.4, -0.2) is 29.7 Å². The Kier molecular flexibility index (Phi) is 29.4. The predicted octanol–water partition coefficient (Wildman–Crippen LogP) is -2.64. The van der Waals surface area contributed by atoms with E-state index in [-0.39, 0.29) is 42.1 Å². The first-order chi connectivity index (χ1) is 3.41. The number of hydrogen-bond donors (Lipinski definition) is 0. The normalized spacial score (nSPS) is 7.33. The molecule has 0 fully saturated rings. The maximum Gasteiger partial charge on any atom is 2.00 e. The van der Waals surface area contributed by atoms with Crippen LogP contribution in [0.5, 0.6) is 0 Å².